The Kier molecular flexibility index (Phi) is 5.22. The van der Waals surface area contributed by atoms with Gasteiger partial charge in [0, 0.05) is 44.0 Å². The second-order valence-electron chi connectivity index (χ2n) is 10.4. The quantitative estimate of drug-likeness (QED) is 0.208. The highest BCUT2D eigenvalue weighted by atomic mass is 15.0. The Labute approximate surface area is 242 Å². The molecule has 0 unspecified atom stereocenters. The summed E-state index contributed by atoms with van der Waals surface area (Å²) in [7, 11) is 0. The van der Waals surface area contributed by atoms with Crippen molar-refractivity contribution in [2.24, 2.45) is 0 Å². The molecule has 0 aliphatic carbocycles. The van der Waals surface area contributed by atoms with Crippen LogP contribution >= 0.6 is 0 Å². The van der Waals surface area contributed by atoms with Gasteiger partial charge >= 0.3 is 0 Å². The van der Waals surface area contributed by atoms with Gasteiger partial charge in [-0.15, -0.1) is 0 Å². The smallest absolute Gasteiger partial charge is 0.189 e. The van der Waals surface area contributed by atoms with E-state index in [1.807, 2.05) is 24.3 Å². The van der Waals surface area contributed by atoms with E-state index in [-0.39, 0.29) is 0 Å². The lowest BCUT2D eigenvalue weighted by atomic mass is 9.96. The van der Waals surface area contributed by atoms with Gasteiger partial charge in [0.1, 0.15) is 0 Å². The topological polar surface area (TPSA) is 38.0 Å². The minimum absolute atomic E-state index is 0.443. The molecule has 0 radical (unpaired) electrons. The third-order valence-corrected chi connectivity index (χ3v) is 8.08. The van der Waals surface area contributed by atoms with Crippen molar-refractivity contribution in [3.63, 3.8) is 0 Å². The van der Waals surface area contributed by atoms with Gasteiger partial charge in [0.2, 0.25) is 0 Å². The number of nitrogens with zero attached hydrogens (tertiary/aromatic N) is 4. The molecule has 0 saturated carbocycles. The van der Waals surface area contributed by atoms with Gasteiger partial charge in [0.05, 0.1) is 34.7 Å². The van der Waals surface area contributed by atoms with Crippen molar-refractivity contribution in [1.29, 1.82) is 5.26 Å². The molecule has 4 nitrogen and oxygen atoms in total. The molecule has 8 aromatic rings. The van der Waals surface area contributed by atoms with Crippen LogP contribution in [-0.4, -0.2) is 9.13 Å². The third kappa shape index (κ3) is 3.40. The molecule has 0 fully saturated rings. The molecule has 6 aromatic carbocycles. The lowest BCUT2D eigenvalue weighted by molar-refractivity contribution is 1.17. The molecule has 194 valence electrons. The molecule has 0 N–H and O–H groups in total. The van der Waals surface area contributed by atoms with Crippen LogP contribution in [0.3, 0.4) is 0 Å². The highest BCUT2D eigenvalue weighted by Gasteiger charge is 2.24. The number of fused-ring (bicyclic) bond motifs is 6. The SMILES string of the molecule is [C-]#[N+]c1cc(C#N)cc(-c2c3c(cc4c5ccccc5n(-c5ccccc5)c24)c2ccccc2n3-c2ccccc2)c1. The van der Waals surface area contributed by atoms with E-state index in [2.05, 4.69) is 123 Å². The maximum Gasteiger partial charge on any atom is 0.189 e. The number of nitriles is 1. The van der Waals surface area contributed by atoms with Crippen LogP contribution in [0, 0.1) is 17.9 Å². The molecule has 0 aliphatic rings. The summed E-state index contributed by atoms with van der Waals surface area (Å²) in [5, 5.41) is 14.5. The van der Waals surface area contributed by atoms with E-state index in [0.29, 0.717) is 11.3 Å². The minimum atomic E-state index is 0.443. The van der Waals surface area contributed by atoms with Gasteiger partial charge in [-0.2, -0.15) is 5.26 Å². The lowest BCUT2D eigenvalue weighted by Crippen LogP contribution is -1.99. The zero-order valence-corrected chi connectivity index (χ0v) is 22.5. The monoisotopic (exact) mass is 534 g/mol. The van der Waals surface area contributed by atoms with Gasteiger partial charge in [0.15, 0.2) is 5.69 Å². The molecule has 0 amide bonds. The van der Waals surface area contributed by atoms with Gasteiger partial charge in [-0.05, 0) is 66.2 Å². The molecular formula is C38H22N4. The molecule has 0 atom stereocenters. The van der Waals surface area contributed by atoms with Crippen molar-refractivity contribution < 1.29 is 0 Å². The van der Waals surface area contributed by atoms with Crippen molar-refractivity contribution >= 4 is 49.3 Å². The Balaban J connectivity index is 1.72. The molecule has 0 bridgehead atoms. The Morgan fingerprint density at radius 1 is 0.548 bits per heavy atom. The summed E-state index contributed by atoms with van der Waals surface area (Å²) in [5.41, 5.74) is 9.13. The Morgan fingerprint density at radius 2 is 1.05 bits per heavy atom. The normalized spacial score (nSPS) is 11.3. The van der Waals surface area contributed by atoms with Crippen LogP contribution in [0.2, 0.25) is 0 Å². The highest BCUT2D eigenvalue weighted by Crippen LogP contribution is 2.47. The number of hydrogen-bond acceptors (Lipinski definition) is 1. The van der Waals surface area contributed by atoms with Crippen LogP contribution in [0.25, 0.3) is 71.0 Å². The predicted molar refractivity (Wildman–Crippen MR) is 172 cm³/mol. The van der Waals surface area contributed by atoms with Crippen molar-refractivity contribution in [2.45, 2.75) is 0 Å². The fourth-order valence-electron chi connectivity index (χ4n) is 6.42. The molecule has 4 heteroatoms. The summed E-state index contributed by atoms with van der Waals surface area (Å²) in [6.07, 6.45) is 0. The van der Waals surface area contributed by atoms with Crippen LogP contribution in [0.1, 0.15) is 5.56 Å². The first-order valence-corrected chi connectivity index (χ1v) is 13.8. The van der Waals surface area contributed by atoms with E-state index >= 15 is 0 Å². The Morgan fingerprint density at radius 3 is 1.55 bits per heavy atom. The second kappa shape index (κ2) is 9.24. The molecule has 0 saturated heterocycles. The predicted octanol–water partition coefficient (Wildman–Crippen LogP) is 9.97. The second-order valence-corrected chi connectivity index (χ2v) is 10.4. The summed E-state index contributed by atoms with van der Waals surface area (Å²) in [5.74, 6) is 0. The lowest BCUT2D eigenvalue weighted by Gasteiger charge is -2.16. The van der Waals surface area contributed by atoms with Gasteiger partial charge in [-0.25, -0.2) is 4.85 Å². The van der Waals surface area contributed by atoms with Crippen molar-refractivity contribution in [2.75, 3.05) is 0 Å². The number of para-hydroxylation sites is 4. The zero-order chi connectivity index (χ0) is 28.2. The molecule has 2 aromatic heterocycles. The maximum absolute atomic E-state index is 9.99. The van der Waals surface area contributed by atoms with E-state index in [0.717, 1.165) is 66.1 Å². The molecule has 8 rings (SSSR count). The van der Waals surface area contributed by atoms with Gasteiger partial charge in [0.25, 0.3) is 0 Å². The maximum atomic E-state index is 9.99. The van der Waals surface area contributed by atoms with E-state index in [1.54, 1.807) is 6.07 Å². The summed E-state index contributed by atoms with van der Waals surface area (Å²) in [6, 6.07) is 47.9. The zero-order valence-electron chi connectivity index (χ0n) is 22.5. The first kappa shape index (κ1) is 23.8. The standard InChI is InChI=1S/C38H22N4/c1-40-27-21-25(24-39)20-26(22-27)36-37-32(30-16-8-10-18-34(30)41(37)28-12-4-2-5-13-28)23-33-31-17-9-11-19-35(31)42(38(33)36)29-14-6-3-7-15-29/h2-23H. The van der Waals surface area contributed by atoms with Crippen molar-refractivity contribution in [3.8, 4) is 28.6 Å². The van der Waals surface area contributed by atoms with E-state index in [1.165, 1.54) is 0 Å². The fourth-order valence-corrected chi connectivity index (χ4v) is 6.42. The Hall–Kier alpha value is -6.10. The molecule has 42 heavy (non-hydrogen) atoms. The average molecular weight is 535 g/mol. The molecular weight excluding hydrogens is 512 g/mol. The van der Waals surface area contributed by atoms with E-state index in [4.69, 9.17) is 6.57 Å². The summed E-state index contributed by atoms with van der Waals surface area (Å²) < 4.78 is 4.64. The largest absolute Gasteiger partial charge is 0.309 e. The minimum Gasteiger partial charge on any atom is -0.309 e. The number of aromatic nitrogens is 2. The molecule has 0 spiro atoms. The van der Waals surface area contributed by atoms with Crippen molar-refractivity contribution in [3.05, 3.63) is 150 Å². The summed E-state index contributed by atoms with van der Waals surface area (Å²) in [6.45, 7) is 7.83. The molecule has 0 aliphatic heterocycles. The van der Waals surface area contributed by atoms with E-state index < -0.39 is 0 Å². The van der Waals surface area contributed by atoms with Crippen LogP contribution in [-0.2, 0) is 0 Å². The molecule has 2 heterocycles. The van der Waals surface area contributed by atoms with Crippen LogP contribution in [0.5, 0.6) is 0 Å². The highest BCUT2D eigenvalue weighted by molar-refractivity contribution is 6.26. The fraction of sp³-hybridized carbons (Fsp3) is 0. The number of benzene rings is 6. The van der Waals surface area contributed by atoms with Crippen LogP contribution in [0.4, 0.5) is 5.69 Å². The van der Waals surface area contributed by atoms with Crippen LogP contribution < -0.4 is 0 Å². The number of rotatable bonds is 3. The van der Waals surface area contributed by atoms with Crippen molar-refractivity contribution in [1.82, 2.24) is 9.13 Å². The summed E-state index contributed by atoms with van der Waals surface area (Å²) in [4.78, 5) is 3.76. The summed E-state index contributed by atoms with van der Waals surface area (Å²) >= 11 is 0. The third-order valence-electron chi connectivity index (χ3n) is 8.08. The van der Waals surface area contributed by atoms with Crippen LogP contribution in [0.15, 0.2) is 133 Å². The Bertz CT molecular complexity index is 2250. The van der Waals surface area contributed by atoms with Gasteiger partial charge in [-0.1, -0.05) is 72.8 Å². The first-order chi connectivity index (χ1) is 20.8. The first-order valence-electron chi connectivity index (χ1n) is 13.8. The van der Waals surface area contributed by atoms with Gasteiger partial charge < -0.3 is 9.13 Å². The van der Waals surface area contributed by atoms with Gasteiger partial charge in [-0.3, -0.25) is 0 Å². The number of hydrogen-bond donors (Lipinski definition) is 0. The average Bonchev–Trinajstić information content (AvgIpc) is 3.57. The van der Waals surface area contributed by atoms with E-state index in [9.17, 15) is 5.26 Å².